The summed E-state index contributed by atoms with van der Waals surface area (Å²) in [5.41, 5.74) is 3.78. The number of benzene rings is 1. The van der Waals surface area contributed by atoms with Gasteiger partial charge in [0.1, 0.15) is 0 Å². The number of hydrogen-bond donors (Lipinski definition) is 1. The lowest BCUT2D eigenvalue weighted by molar-refractivity contribution is 0.771. The first-order valence-electron chi connectivity index (χ1n) is 6.12. The summed E-state index contributed by atoms with van der Waals surface area (Å²) < 4.78 is 2.10. The van der Waals surface area contributed by atoms with Crippen LogP contribution in [0, 0.1) is 6.92 Å². The van der Waals surface area contributed by atoms with Crippen molar-refractivity contribution >= 4 is 11.6 Å². The molecule has 3 heteroatoms. The maximum absolute atomic E-state index is 4.35. The highest BCUT2D eigenvalue weighted by molar-refractivity contribution is 5.63. The second-order valence-corrected chi connectivity index (χ2v) is 4.12. The topological polar surface area (TPSA) is 29.9 Å². The van der Waals surface area contributed by atoms with E-state index in [0.717, 1.165) is 18.9 Å². The molecule has 1 N–H and O–H groups in total. The summed E-state index contributed by atoms with van der Waals surface area (Å²) in [4.78, 5) is 4.35. The first-order valence-corrected chi connectivity index (χ1v) is 6.12. The minimum Gasteiger partial charge on any atom is -0.325 e. The van der Waals surface area contributed by atoms with Crippen LogP contribution in [0.2, 0.25) is 0 Å². The molecule has 17 heavy (non-hydrogen) atoms. The fraction of sp³-hybridized carbons (Fsp3) is 0.357. The Bertz CT molecular complexity index is 500. The van der Waals surface area contributed by atoms with E-state index in [9.17, 15) is 0 Å². The van der Waals surface area contributed by atoms with Crippen molar-refractivity contribution in [1.29, 1.82) is 0 Å². The van der Waals surface area contributed by atoms with Crippen LogP contribution in [-0.2, 0) is 13.0 Å². The zero-order valence-electron chi connectivity index (χ0n) is 10.7. The number of para-hydroxylation sites is 1. The van der Waals surface area contributed by atoms with Gasteiger partial charge in [0.15, 0.2) is 0 Å². The molecule has 0 amide bonds. The minimum atomic E-state index is 0.913. The quantitative estimate of drug-likeness (QED) is 0.869. The van der Waals surface area contributed by atoms with Crippen molar-refractivity contribution < 1.29 is 0 Å². The van der Waals surface area contributed by atoms with Crippen LogP contribution in [0.1, 0.15) is 25.0 Å². The highest BCUT2D eigenvalue weighted by atomic mass is 15.2. The molecule has 0 radical (unpaired) electrons. The van der Waals surface area contributed by atoms with Crippen LogP contribution in [0.5, 0.6) is 0 Å². The molecule has 0 atom stereocenters. The van der Waals surface area contributed by atoms with Gasteiger partial charge in [-0.2, -0.15) is 0 Å². The van der Waals surface area contributed by atoms with Crippen LogP contribution in [-0.4, -0.2) is 9.55 Å². The molecule has 0 unspecified atom stereocenters. The fourth-order valence-corrected chi connectivity index (χ4v) is 2.00. The van der Waals surface area contributed by atoms with E-state index in [1.807, 2.05) is 12.4 Å². The first kappa shape index (κ1) is 11.7. The van der Waals surface area contributed by atoms with Gasteiger partial charge in [-0.15, -0.1) is 0 Å². The lowest BCUT2D eigenvalue weighted by Gasteiger charge is -2.14. The van der Waals surface area contributed by atoms with E-state index in [1.165, 1.54) is 16.8 Å². The van der Waals surface area contributed by atoms with Crippen LogP contribution >= 0.6 is 0 Å². The predicted octanol–water partition coefficient (Wildman–Crippen LogP) is 3.52. The van der Waals surface area contributed by atoms with Gasteiger partial charge < -0.3 is 9.88 Å². The number of nitrogens with zero attached hydrogens (tertiary/aromatic N) is 2. The van der Waals surface area contributed by atoms with Gasteiger partial charge in [-0.25, -0.2) is 4.98 Å². The second kappa shape index (κ2) is 5.04. The zero-order valence-corrected chi connectivity index (χ0v) is 10.7. The van der Waals surface area contributed by atoms with Gasteiger partial charge in [-0.1, -0.05) is 25.1 Å². The van der Waals surface area contributed by atoms with Gasteiger partial charge >= 0.3 is 0 Å². The Morgan fingerprint density at radius 2 is 2.12 bits per heavy atom. The Kier molecular flexibility index (Phi) is 3.47. The summed E-state index contributed by atoms with van der Waals surface area (Å²) in [5.74, 6) is 0.913. The maximum atomic E-state index is 4.35. The molecule has 90 valence electrons. The van der Waals surface area contributed by atoms with Gasteiger partial charge in [0, 0.05) is 24.6 Å². The maximum Gasteiger partial charge on any atom is 0.207 e. The largest absolute Gasteiger partial charge is 0.325 e. The number of hydrogen-bond acceptors (Lipinski definition) is 2. The normalized spacial score (nSPS) is 10.5. The Morgan fingerprint density at radius 3 is 2.82 bits per heavy atom. The molecular formula is C14H19N3. The summed E-state index contributed by atoms with van der Waals surface area (Å²) in [5, 5.41) is 3.44. The van der Waals surface area contributed by atoms with Crippen molar-refractivity contribution in [3.8, 4) is 0 Å². The van der Waals surface area contributed by atoms with E-state index >= 15 is 0 Å². The van der Waals surface area contributed by atoms with Crippen molar-refractivity contribution in [3.05, 3.63) is 41.7 Å². The molecule has 0 aliphatic carbocycles. The highest BCUT2D eigenvalue weighted by Gasteiger charge is 2.07. The number of anilines is 2. The SMILES string of the molecule is CCc1cccc(C)c1Nc1nccn1CC. The Morgan fingerprint density at radius 1 is 1.29 bits per heavy atom. The molecule has 3 nitrogen and oxygen atoms in total. The second-order valence-electron chi connectivity index (χ2n) is 4.12. The van der Waals surface area contributed by atoms with Gasteiger partial charge in [0.25, 0.3) is 0 Å². The summed E-state index contributed by atoms with van der Waals surface area (Å²) in [7, 11) is 0. The average Bonchev–Trinajstić information content (AvgIpc) is 2.79. The van der Waals surface area contributed by atoms with Crippen molar-refractivity contribution in [3.63, 3.8) is 0 Å². The average molecular weight is 229 g/mol. The number of imidazole rings is 1. The summed E-state index contributed by atoms with van der Waals surface area (Å²) in [6.07, 6.45) is 4.85. The van der Waals surface area contributed by atoms with E-state index in [2.05, 4.69) is 53.8 Å². The number of nitrogens with one attached hydrogen (secondary N) is 1. The lowest BCUT2D eigenvalue weighted by Crippen LogP contribution is -2.04. The molecule has 1 heterocycles. The minimum absolute atomic E-state index is 0.913. The van der Waals surface area contributed by atoms with Crippen molar-refractivity contribution in [2.24, 2.45) is 0 Å². The Labute approximate surface area is 103 Å². The molecule has 1 aromatic carbocycles. The third-order valence-corrected chi connectivity index (χ3v) is 3.03. The number of aryl methyl sites for hydroxylation is 3. The van der Waals surface area contributed by atoms with E-state index in [0.29, 0.717) is 0 Å². The molecule has 0 aliphatic heterocycles. The monoisotopic (exact) mass is 229 g/mol. The van der Waals surface area contributed by atoms with Crippen molar-refractivity contribution in [1.82, 2.24) is 9.55 Å². The number of aromatic nitrogens is 2. The van der Waals surface area contributed by atoms with Crippen LogP contribution in [0.3, 0.4) is 0 Å². The van der Waals surface area contributed by atoms with Crippen molar-refractivity contribution in [2.75, 3.05) is 5.32 Å². The third kappa shape index (κ3) is 2.33. The van der Waals surface area contributed by atoms with Crippen LogP contribution < -0.4 is 5.32 Å². The molecule has 0 bridgehead atoms. The van der Waals surface area contributed by atoms with Crippen molar-refractivity contribution in [2.45, 2.75) is 33.7 Å². The molecule has 0 aliphatic rings. The van der Waals surface area contributed by atoms with Gasteiger partial charge in [-0.05, 0) is 31.4 Å². The van der Waals surface area contributed by atoms with Crippen LogP contribution in [0.15, 0.2) is 30.6 Å². The summed E-state index contributed by atoms with van der Waals surface area (Å²) >= 11 is 0. The molecular weight excluding hydrogens is 210 g/mol. The third-order valence-electron chi connectivity index (χ3n) is 3.03. The Hall–Kier alpha value is -1.77. The van der Waals surface area contributed by atoms with E-state index in [1.54, 1.807) is 0 Å². The van der Waals surface area contributed by atoms with Gasteiger partial charge in [-0.3, -0.25) is 0 Å². The summed E-state index contributed by atoms with van der Waals surface area (Å²) in [6, 6.07) is 6.39. The van der Waals surface area contributed by atoms with Gasteiger partial charge in [0.05, 0.1) is 0 Å². The zero-order chi connectivity index (χ0) is 12.3. The fourth-order valence-electron chi connectivity index (χ4n) is 2.00. The standard InChI is InChI=1S/C14H19N3/c1-4-12-8-6-7-11(3)13(12)16-14-15-9-10-17(14)5-2/h6-10H,4-5H2,1-3H3,(H,15,16). The molecule has 0 spiro atoms. The van der Waals surface area contributed by atoms with Gasteiger partial charge in [0.2, 0.25) is 5.95 Å². The molecule has 2 aromatic rings. The van der Waals surface area contributed by atoms with E-state index in [-0.39, 0.29) is 0 Å². The molecule has 0 fully saturated rings. The molecule has 2 rings (SSSR count). The molecule has 0 saturated heterocycles. The molecule has 0 saturated carbocycles. The molecule has 1 aromatic heterocycles. The van der Waals surface area contributed by atoms with Crippen LogP contribution in [0.25, 0.3) is 0 Å². The predicted molar refractivity (Wildman–Crippen MR) is 71.7 cm³/mol. The summed E-state index contributed by atoms with van der Waals surface area (Å²) in [6.45, 7) is 7.34. The van der Waals surface area contributed by atoms with Crippen LogP contribution in [0.4, 0.5) is 11.6 Å². The number of rotatable bonds is 4. The highest BCUT2D eigenvalue weighted by Crippen LogP contribution is 2.24. The smallest absolute Gasteiger partial charge is 0.207 e. The van der Waals surface area contributed by atoms with E-state index in [4.69, 9.17) is 0 Å². The Balaban J connectivity index is 2.35. The van der Waals surface area contributed by atoms with E-state index < -0.39 is 0 Å². The first-order chi connectivity index (χ1) is 8.26. The lowest BCUT2D eigenvalue weighted by atomic mass is 10.1.